The first-order valence-electron chi connectivity index (χ1n) is 7.69. The number of benzene rings is 1. The monoisotopic (exact) mass is 375 g/mol. The molecule has 10 heteroatoms. The number of hydrogen-bond acceptors (Lipinski definition) is 7. The number of rotatable bonds is 3. The summed E-state index contributed by atoms with van der Waals surface area (Å²) in [6.07, 6.45) is 0. The summed E-state index contributed by atoms with van der Waals surface area (Å²) in [4.78, 5) is 26.1. The maximum atomic E-state index is 12.6. The van der Waals surface area contributed by atoms with Crippen LogP contribution in [-0.4, -0.2) is 38.8 Å². The van der Waals surface area contributed by atoms with Crippen molar-refractivity contribution in [3.63, 3.8) is 0 Å². The highest BCUT2D eigenvalue weighted by Gasteiger charge is 2.18. The van der Waals surface area contributed by atoms with Gasteiger partial charge in [-0.3, -0.25) is 0 Å². The van der Waals surface area contributed by atoms with Crippen LogP contribution in [0.25, 0.3) is 5.65 Å². The van der Waals surface area contributed by atoms with E-state index in [0.717, 1.165) is 16.1 Å². The number of esters is 1. The van der Waals surface area contributed by atoms with Gasteiger partial charge < -0.3 is 21.3 Å². The van der Waals surface area contributed by atoms with Crippen LogP contribution in [0.1, 0.15) is 32.1 Å². The Hall–Kier alpha value is -3.53. The molecule has 0 unspecified atom stereocenters. The first-order valence-corrected chi connectivity index (χ1v) is 7.69. The van der Waals surface area contributed by atoms with E-state index in [1.54, 1.807) is 19.1 Å². The summed E-state index contributed by atoms with van der Waals surface area (Å²) < 4.78 is 18.3. The van der Waals surface area contributed by atoms with Crippen molar-refractivity contribution in [3.05, 3.63) is 58.7 Å². The first kappa shape index (κ1) is 19.8. The minimum absolute atomic E-state index is 0.0494. The molecule has 0 atom stereocenters. The van der Waals surface area contributed by atoms with E-state index < -0.39 is 11.9 Å². The third-order valence-corrected chi connectivity index (χ3v) is 3.52. The Balaban J connectivity index is 0.000000223. The van der Waals surface area contributed by atoms with E-state index in [0.29, 0.717) is 12.1 Å². The quantitative estimate of drug-likeness (QED) is 0.582. The average Bonchev–Trinajstić information content (AvgIpc) is 3.03. The molecule has 142 valence electrons. The van der Waals surface area contributed by atoms with Gasteiger partial charge >= 0.3 is 11.9 Å². The Labute approximate surface area is 153 Å². The number of carbonyl (C=O) groups is 2. The van der Waals surface area contributed by atoms with E-state index in [2.05, 4.69) is 14.8 Å². The summed E-state index contributed by atoms with van der Waals surface area (Å²) in [6.45, 7) is 2.20. The number of nitrogen functional groups attached to an aromatic ring is 1. The second-order valence-electron chi connectivity index (χ2n) is 5.45. The van der Waals surface area contributed by atoms with Crippen LogP contribution in [0.2, 0.25) is 0 Å². The fourth-order valence-electron chi connectivity index (χ4n) is 2.19. The summed E-state index contributed by atoms with van der Waals surface area (Å²) in [5.41, 5.74) is 12.3. The molecule has 27 heavy (non-hydrogen) atoms. The van der Waals surface area contributed by atoms with Gasteiger partial charge in [0.05, 0.1) is 7.11 Å². The lowest BCUT2D eigenvalue weighted by Crippen LogP contribution is -2.13. The van der Waals surface area contributed by atoms with Gasteiger partial charge in [0.1, 0.15) is 11.6 Å². The number of methoxy groups -OCH3 is 1. The number of ether oxygens (including phenoxy) is 1. The Kier molecular flexibility index (Phi) is 6.03. The van der Waals surface area contributed by atoms with E-state index in [1.807, 2.05) is 0 Å². The van der Waals surface area contributed by atoms with Gasteiger partial charge in [-0.1, -0.05) is 12.1 Å². The van der Waals surface area contributed by atoms with Crippen LogP contribution >= 0.6 is 0 Å². The van der Waals surface area contributed by atoms with Crippen LogP contribution < -0.4 is 11.5 Å². The van der Waals surface area contributed by atoms with Crippen LogP contribution in [0.15, 0.2) is 30.3 Å². The summed E-state index contributed by atoms with van der Waals surface area (Å²) in [5.74, 6) is -2.01. The third-order valence-electron chi connectivity index (χ3n) is 3.52. The van der Waals surface area contributed by atoms with Crippen molar-refractivity contribution in [2.45, 2.75) is 13.5 Å². The van der Waals surface area contributed by atoms with Crippen molar-refractivity contribution in [1.82, 2.24) is 14.6 Å². The molecule has 9 nitrogen and oxygen atoms in total. The molecule has 0 amide bonds. The minimum atomic E-state index is -1.25. The van der Waals surface area contributed by atoms with Gasteiger partial charge in [-0.05, 0) is 24.1 Å². The Morgan fingerprint density at radius 2 is 2.00 bits per heavy atom. The van der Waals surface area contributed by atoms with Gasteiger partial charge in [-0.2, -0.15) is 0 Å². The molecule has 1 aromatic carbocycles. The van der Waals surface area contributed by atoms with Gasteiger partial charge in [0.2, 0.25) is 0 Å². The molecule has 0 saturated heterocycles. The highest BCUT2D eigenvalue weighted by molar-refractivity contribution is 5.93. The van der Waals surface area contributed by atoms with Crippen LogP contribution in [0.3, 0.4) is 0 Å². The van der Waals surface area contributed by atoms with Crippen LogP contribution in [0, 0.1) is 12.7 Å². The van der Waals surface area contributed by atoms with Gasteiger partial charge in [-0.15, -0.1) is 5.10 Å². The van der Waals surface area contributed by atoms with Crippen LogP contribution in [-0.2, 0) is 11.3 Å². The van der Waals surface area contributed by atoms with Gasteiger partial charge in [0.15, 0.2) is 17.0 Å². The highest BCUT2D eigenvalue weighted by atomic mass is 19.1. The van der Waals surface area contributed by atoms with Crippen molar-refractivity contribution in [2.24, 2.45) is 5.73 Å². The SMILES string of the molecule is COC(=O)c1cc(C(=O)O)nc2cc(N)nn12.Cc1cc(CN)ccc1F. The largest absolute Gasteiger partial charge is 0.477 e. The van der Waals surface area contributed by atoms with Crippen LogP contribution in [0.5, 0.6) is 0 Å². The molecule has 2 aromatic heterocycles. The van der Waals surface area contributed by atoms with Gasteiger partial charge in [0, 0.05) is 18.7 Å². The zero-order chi connectivity index (χ0) is 20.1. The second kappa shape index (κ2) is 8.23. The van der Waals surface area contributed by atoms with E-state index in [4.69, 9.17) is 16.6 Å². The lowest BCUT2D eigenvalue weighted by molar-refractivity contribution is 0.0590. The van der Waals surface area contributed by atoms with Crippen molar-refractivity contribution in [3.8, 4) is 0 Å². The first-order chi connectivity index (χ1) is 12.8. The highest BCUT2D eigenvalue weighted by Crippen LogP contribution is 2.12. The standard InChI is InChI=1S/C9H8N4O4.C8H10FN/c1-17-9(16)5-2-4(8(14)15)11-7-3-6(10)12-13(5)7;1-6-4-7(5-10)2-3-8(6)9/h2-3H,1H3,(H2,10,12)(H,14,15);2-4H,5,10H2,1H3. The van der Waals surface area contributed by atoms with Crippen LogP contribution in [0.4, 0.5) is 10.2 Å². The molecule has 0 saturated carbocycles. The maximum Gasteiger partial charge on any atom is 0.356 e. The number of fused-ring (bicyclic) bond motifs is 1. The summed E-state index contributed by atoms with van der Waals surface area (Å²) in [6, 6.07) is 7.34. The molecule has 3 aromatic rings. The molecule has 0 spiro atoms. The molecule has 5 N–H and O–H groups in total. The average molecular weight is 375 g/mol. The van der Waals surface area contributed by atoms with Crippen molar-refractivity contribution < 1.29 is 23.8 Å². The van der Waals surface area contributed by atoms with E-state index in [9.17, 15) is 14.0 Å². The predicted octanol–water partition coefficient (Wildman–Crippen LogP) is 1.39. The maximum absolute atomic E-state index is 12.6. The number of carboxylic acids is 1. The zero-order valence-corrected chi connectivity index (χ0v) is 14.6. The minimum Gasteiger partial charge on any atom is -0.477 e. The Morgan fingerprint density at radius 3 is 2.56 bits per heavy atom. The number of halogens is 1. The number of aryl methyl sites for hydroxylation is 1. The second-order valence-corrected chi connectivity index (χ2v) is 5.45. The van der Waals surface area contributed by atoms with E-state index in [1.165, 1.54) is 19.2 Å². The van der Waals surface area contributed by atoms with Crippen molar-refractivity contribution in [2.75, 3.05) is 12.8 Å². The summed E-state index contributed by atoms with van der Waals surface area (Å²) in [5, 5.41) is 12.7. The molecule has 0 radical (unpaired) electrons. The lowest BCUT2D eigenvalue weighted by Gasteiger charge is -2.03. The fraction of sp³-hybridized carbons (Fsp3) is 0.176. The molecular weight excluding hydrogens is 357 g/mol. The fourth-order valence-corrected chi connectivity index (χ4v) is 2.19. The van der Waals surface area contributed by atoms with Gasteiger partial charge in [0.25, 0.3) is 0 Å². The molecule has 0 fully saturated rings. The number of anilines is 1. The van der Waals surface area contributed by atoms with Crippen molar-refractivity contribution >= 4 is 23.4 Å². The summed E-state index contributed by atoms with van der Waals surface area (Å²) >= 11 is 0. The molecule has 3 rings (SSSR count). The lowest BCUT2D eigenvalue weighted by atomic mass is 10.1. The zero-order valence-electron chi connectivity index (χ0n) is 14.6. The van der Waals surface area contributed by atoms with E-state index in [-0.39, 0.29) is 28.7 Å². The Bertz CT molecular complexity index is 1000. The van der Waals surface area contributed by atoms with Crippen molar-refractivity contribution in [1.29, 1.82) is 0 Å². The molecule has 2 heterocycles. The van der Waals surface area contributed by atoms with E-state index >= 15 is 0 Å². The van der Waals surface area contributed by atoms with Gasteiger partial charge in [-0.25, -0.2) is 23.5 Å². The predicted molar refractivity (Wildman–Crippen MR) is 94.7 cm³/mol. The molecule has 0 aliphatic carbocycles. The number of aromatic nitrogens is 3. The summed E-state index contributed by atoms with van der Waals surface area (Å²) in [7, 11) is 1.18. The number of aromatic carboxylic acids is 1. The number of nitrogens with zero attached hydrogens (tertiary/aromatic N) is 3. The Morgan fingerprint density at radius 1 is 1.30 bits per heavy atom. The molecule has 0 bridgehead atoms. The smallest absolute Gasteiger partial charge is 0.356 e. The molecular formula is C17H18FN5O4. The molecule has 0 aliphatic heterocycles. The third kappa shape index (κ3) is 4.55. The normalized spacial score (nSPS) is 10.2. The topological polar surface area (TPSA) is 146 Å². The number of nitrogens with two attached hydrogens (primary N) is 2. The molecule has 0 aliphatic rings. The number of carboxylic acid groups (broad SMARTS) is 1. The number of carbonyl (C=O) groups excluding carboxylic acids is 1. The number of hydrogen-bond donors (Lipinski definition) is 3.